The SMILES string of the molecule is CC(CN(C)C(=O)c1nccc2[nH]ccc12)Nc1ncccc1C#N. The standard InChI is InChI=1S/C18H18N6O/c1-12(23-17-13(10-19)4-3-7-22-17)11-24(2)18(25)16-14-5-8-20-15(14)6-9-21-16/h3-9,12,20H,11H2,1-2H3,(H,22,23). The van der Waals surface area contributed by atoms with Crippen molar-refractivity contribution in [3.8, 4) is 6.07 Å². The molecule has 0 aromatic carbocycles. The Balaban J connectivity index is 1.71. The number of H-pyrrole nitrogens is 1. The molecule has 1 atom stereocenters. The molecule has 1 unspecified atom stereocenters. The molecule has 126 valence electrons. The van der Waals surface area contributed by atoms with Crippen molar-refractivity contribution in [2.75, 3.05) is 18.9 Å². The maximum absolute atomic E-state index is 12.7. The van der Waals surface area contributed by atoms with Crippen LogP contribution in [0.5, 0.6) is 0 Å². The average molecular weight is 334 g/mol. The topological polar surface area (TPSA) is 97.7 Å². The minimum absolute atomic E-state index is 0.0821. The van der Waals surface area contributed by atoms with Crippen molar-refractivity contribution >= 4 is 22.6 Å². The number of hydrogen-bond donors (Lipinski definition) is 2. The van der Waals surface area contributed by atoms with Crippen LogP contribution in [0.25, 0.3) is 10.9 Å². The first-order chi connectivity index (χ1) is 12.1. The van der Waals surface area contributed by atoms with Crippen LogP contribution in [0, 0.1) is 11.3 Å². The van der Waals surface area contributed by atoms with Crippen molar-refractivity contribution in [1.82, 2.24) is 19.9 Å². The van der Waals surface area contributed by atoms with Gasteiger partial charge in [-0.15, -0.1) is 0 Å². The van der Waals surface area contributed by atoms with Crippen LogP contribution in [0.15, 0.2) is 42.9 Å². The van der Waals surface area contributed by atoms with Gasteiger partial charge in [0.2, 0.25) is 0 Å². The predicted molar refractivity (Wildman–Crippen MR) is 95.1 cm³/mol. The summed E-state index contributed by atoms with van der Waals surface area (Å²) in [5.74, 6) is 0.365. The lowest BCUT2D eigenvalue weighted by molar-refractivity contribution is 0.0787. The number of nitrogens with one attached hydrogen (secondary N) is 2. The summed E-state index contributed by atoms with van der Waals surface area (Å²) < 4.78 is 0. The number of likely N-dealkylation sites (N-methyl/N-ethyl adjacent to an activating group) is 1. The summed E-state index contributed by atoms with van der Waals surface area (Å²) in [4.78, 5) is 25.8. The number of nitrogens with zero attached hydrogens (tertiary/aromatic N) is 4. The normalized spacial score (nSPS) is 11.7. The molecule has 0 fully saturated rings. The fraction of sp³-hybridized carbons (Fsp3) is 0.222. The lowest BCUT2D eigenvalue weighted by Gasteiger charge is -2.23. The third-order valence-corrected chi connectivity index (χ3v) is 3.89. The van der Waals surface area contributed by atoms with Gasteiger partial charge in [-0.25, -0.2) is 4.98 Å². The van der Waals surface area contributed by atoms with E-state index in [1.807, 2.05) is 19.1 Å². The Morgan fingerprint density at radius 1 is 1.36 bits per heavy atom. The zero-order valence-corrected chi connectivity index (χ0v) is 14.0. The molecule has 25 heavy (non-hydrogen) atoms. The van der Waals surface area contributed by atoms with Gasteiger partial charge in [-0.3, -0.25) is 9.78 Å². The van der Waals surface area contributed by atoms with Crippen molar-refractivity contribution in [2.45, 2.75) is 13.0 Å². The molecule has 0 saturated carbocycles. The van der Waals surface area contributed by atoms with Crippen molar-refractivity contribution in [2.24, 2.45) is 0 Å². The van der Waals surface area contributed by atoms with E-state index < -0.39 is 0 Å². The van der Waals surface area contributed by atoms with Gasteiger partial charge in [-0.1, -0.05) is 0 Å². The van der Waals surface area contributed by atoms with E-state index in [1.165, 1.54) is 0 Å². The second-order valence-electron chi connectivity index (χ2n) is 5.84. The number of rotatable bonds is 5. The Hall–Kier alpha value is -3.40. The van der Waals surface area contributed by atoms with Gasteiger partial charge in [0.25, 0.3) is 5.91 Å². The van der Waals surface area contributed by atoms with Crippen molar-refractivity contribution in [3.05, 3.63) is 54.1 Å². The summed E-state index contributed by atoms with van der Waals surface area (Å²) in [5.41, 5.74) is 1.77. The first kappa shape index (κ1) is 16.5. The molecule has 1 amide bonds. The van der Waals surface area contributed by atoms with Crippen LogP contribution in [0.2, 0.25) is 0 Å². The zero-order chi connectivity index (χ0) is 17.8. The second-order valence-corrected chi connectivity index (χ2v) is 5.84. The van der Waals surface area contributed by atoms with E-state index in [0.29, 0.717) is 23.6 Å². The van der Waals surface area contributed by atoms with E-state index in [0.717, 1.165) is 10.9 Å². The maximum atomic E-state index is 12.7. The van der Waals surface area contributed by atoms with Gasteiger partial charge in [-0.05, 0) is 31.2 Å². The van der Waals surface area contributed by atoms with E-state index in [9.17, 15) is 4.79 Å². The van der Waals surface area contributed by atoms with E-state index in [-0.39, 0.29) is 11.9 Å². The Bertz CT molecular complexity index is 942. The lowest BCUT2D eigenvalue weighted by Crippen LogP contribution is -2.37. The van der Waals surface area contributed by atoms with Crippen molar-refractivity contribution in [3.63, 3.8) is 0 Å². The van der Waals surface area contributed by atoms with Crippen LogP contribution in [0.4, 0.5) is 5.82 Å². The zero-order valence-electron chi connectivity index (χ0n) is 14.0. The third kappa shape index (κ3) is 3.43. The highest BCUT2D eigenvalue weighted by Gasteiger charge is 2.19. The molecule has 2 N–H and O–H groups in total. The van der Waals surface area contributed by atoms with Crippen LogP contribution in [0.3, 0.4) is 0 Å². The van der Waals surface area contributed by atoms with Crippen molar-refractivity contribution < 1.29 is 4.79 Å². The number of amides is 1. The maximum Gasteiger partial charge on any atom is 0.272 e. The molecule has 3 aromatic heterocycles. The van der Waals surface area contributed by atoms with Gasteiger partial charge >= 0.3 is 0 Å². The Kier molecular flexibility index (Phi) is 4.61. The monoisotopic (exact) mass is 334 g/mol. The number of aromatic nitrogens is 3. The van der Waals surface area contributed by atoms with E-state index >= 15 is 0 Å². The summed E-state index contributed by atoms with van der Waals surface area (Å²) in [6.45, 7) is 2.38. The number of pyridine rings is 2. The number of fused-ring (bicyclic) bond motifs is 1. The molecule has 0 aliphatic rings. The summed E-state index contributed by atoms with van der Waals surface area (Å²) >= 11 is 0. The molecule has 0 radical (unpaired) electrons. The average Bonchev–Trinajstić information content (AvgIpc) is 3.10. The highest BCUT2D eigenvalue weighted by atomic mass is 16.2. The van der Waals surface area contributed by atoms with E-state index in [4.69, 9.17) is 5.26 Å². The van der Waals surface area contributed by atoms with Gasteiger partial charge in [0.15, 0.2) is 0 Å². The summed E-state index contributed by atoms with van der Waals surface area (Å²) in [6, 6.07) is 9.12. The molecule has 7 nitrogen and oxygen atoms in total. The Labute approximate surface area is 145 Å². The molecular formula is C18H18N6O. The highest BCUT2D eigenvalue weighted by molar-refractivity contribution is 6.04. The molecule has 0 aliphatic carbocycles. The second kappa shape index (κ2) is 7.01. The molecule has 7 heteroatoms. The fourth-order valence-electron chi connectivity index (χ4n) is 2.72. The first-order valence-electron chi connectivity index (χ1n) is 7.89. The number of nitriles is 1. The quantitative estimate of drug-likeness (QED) is 0.746. The lowest BCUT2D eigenvalue weighted by atomic mass is 10.2. The van der Waals surface area contributed by atoms with Gasteiger partial charge in [0, 0.05) is 49.1 Å². The fourth-order valence-corrected chi connectivity index (χ4v) is 2.72. The molecule has 0 spiro atoms. The molecule has 3 heterocycles. The Morgan fingerprint density at radius 2 is 2.20 bits per heavy atom. The van der Waals surface area contributed by atoms with E-state index in [2.05, 4.69) is 26.3 Å². The minimum atomic E-state index is -0.152. The highest BCUT2D eigenvalue weighted by Crippen LogP contribution is 2.17. The number of aromatic amines is 1. The number of anilines is 1. The first-order valence-corrected chi connectivity index (χ1v) is 7.89. The molecule has 3 aromatic rings. The Morgan fingerprint density at radius 3 is 3.00 bits per heavy atom. The van der Waals surface area contributed by atoms with Crippen LogP contribution in [-0.4, -0.2) is 45.4 Å². The van der Waals surface area contributed by atoms with Gasteiger partial charge in [0.05, 0.1) is 5.56 Å². The summed E-state index contributed by atoms with van der Waals surface area (Å²) in [5, 5.41) is 13.1. The van der Waals surface area contributed by atoms with Crippen LogP contribution < -0.4 is 5.32 Å². The van der Waals surface area contributed by atoms with Crippen molar-refractivity contribution in [1.29, 1.82) is 5.26 Å². The predicted octanol–water partition coefficient (Wildman–Crippen LogP) is 2.40. The molecule has 0 bridgehead atoms. The number of hydrogen-bond acceptors (Lipinski definition) is 5. The molecule has 0 saturated heterocycles. The van der Waals surface area contributed by atoms with Gasteiger partial charge in [0.1, 0.15) is 17.6 Å². The molecular weight excluding hydrogens is 316 g/mol. The van der Waals surface area contributed by atoms with Crippen LogP contribution in [-0.2, 0) is 0 Å². The smallest absolute Gasteiger partial charge is 0.272 e. The van der Waals surface area contributed by atoms with E-state index in [1.54, 1.807) is 42.7 Å². The minimum Gasteiger partial charge on any atom is -0.365 e. The largest absolute Gasteiger partial charge is 0.365 e. The summed E-state index contributed by atoms with van der Waals surface area (Å²) in [7, 11) is 1.73. The number of carbonyl (C=O) groups excluding carboxylic acids is 1. The molecule has 0 aliphatic heterocycles. The summed E-state index contributed by atoms with van der Waals surface area (Å²) in [6.07, 6.45) is 5.04. The number of carbonyl (C=O) groups is 1. The van der Waals surface area contributed by atoms with Gasteiger partial charge in [-0.2, -0.15) is 5.26 Å². The molecule has 3 rings (SSSR count). The van der Waals surface area contributed by atoms with Crippen LogP contribution in [0.1, 0.15) is 23.0 Å². The van der Waals surface area contributed by atoms with Crippen LogP contribution >= 0.6 is 0 Å². The third-order valence-electron chi connectivity index (χ3n) is 3.89. The van der Waals surface area contributed by atoms with Gasteiger partial charge < -0.3 is 15.2 Å².